The van der Waals surface area contributed by atoms with Crippen LogP contribution in [0.1, 0.15) is 31.9 Å². The molecule has 0 aliphatic carbocycles. The maximum atomic E-state index is 12.0. The minimum absolute atomic E-state index is 0.398. The van der Waals surface area contributed by atoms with Crippen LogP contribution in [0.5, 0.6) is 0 Å². The number of hydrogen-bond donors (Lipinski definition) is 1. The molecule has 4 nitrogen and oxygen atoms in total. The third-order valence-corrected chi connectivity index (χ3v) is 6.84. The maximum absolute atomic E-state index is 12.0. The number of fused-ring (bicyclic) bond motifs is 3. The molecular weight excluding hydrogens is 575 g/mol. The molecule has 0 spiro atoms. The molecule has 150 valence electrons. The second-order valence-corrected chi connectivity index (χ2v) is 10.6. The Balaban J connectivity index is 2.00. The fraction of sp³-hybridized carbons (Fsp3) is 0.350. The van der Waals surface area contributed by atoms with Crippen molar-refractivity contribution in [1.82, 2.24) is 9.29 Å². The van der Waals surface area contributed by atoms with Gasteiger partial charge in [-0.25, -0.2) is 4.79 Å². The van der Waals surface area contributed by atoms with Gasteiger partial charge in [-0.15, -0.1) is 0 Å². The molecular formula is C20H21BrClIN2O2S. The molecule has 8 heteroatoms. The van der Waals surface area contributed by atoms with E-state index in [2.05, 4.69) is 64.6 Å². The predicted octanol–water partition coefficient (Wildman–Crippen LogP) is 7.43. The van der Waals surface area contributed by atoms with E-state index in [1.54, 1.807) is 9.12 Å². The zero-order valence-electron chi connectivity index (χ0n) is 16.0. The average Bonchev–Trinajstić information content (AvgIpc) is 2.86. The summed E-state index contributed by atoms with van der Waals surface area (Å²) in [4.78, 5) is 12.0. The van der Waals surface area contributed by atoms with Crippen LogP contribution in [-0.4, -0.2) is 22.2 Å². The number of alkyl carbamates (subject to hydrolysis) is 1. The molecule has 1 aromatic heterocycles. The molecule has 0 fully saturated rings. The van der Waals surface area contributed by atoms with E-state index in [1.165, 1.54) is 0 Å². The van der Waals surface area contributed by atoms with Crippen LogP contribution in [-0.2, 0) is 11.2 Å². The van der Waals surface area contributed by atoms with Gasteiger partial charge in [0.1, 0.15) is 5.60 Å². The lowest BCUT2D eigenvalue weighted by molar-refractivity contribution is 0.0528. The van der Waals surface area contributed by atoms with Gasteiger partial charge in [0, 0.05) is 57.1 Å². The van der Waals surface area contributed by atoms with Crippen molar-refractivity contribution in [2.24, 2.45) is 0 Å². The first-order valence-corrected chi connectivity index (χ1v) is 13.3. The molecule has 0 radical (unpaired) electrons. The number of nitrogens with one attached hydrogen (secondary N) is 1. The van der Waals surface area contributed by atoms with Crippen molar-refractivity contribution < 1.29 is 9.53 Å². The molecule has 0 unspecified atom stereocenters. The minimum atomic E-state index is -0.505. The van der Waals surface area contributed by atoms with E-state index in [0.29, 0.717) is 13.0 Å². The number of hydrogen-bond acceptors (Lipinski definition) is 3. The number of aromatic nitrogens is 1. The zero-order chi connectivity index (χ0) is 20.6. The second-order valence-electron chi connectivity index (χ2n) is 7.62. The number of benzene rings is 2. The number of amides is 1. The van der Waals surface area contributed by atoms with Gasteiger partial charge in [-0.05, 0) is 69.5 Å². The summed E-state index contributed by atoms with van der Waals surface area (Å²) in [5.74, 6) is 0. The van der Waals surface area contributed by atoms with Crippen LogP contribution in [0.2, 0.25) is 5.02 Å². The van der Waals surface area contributed by atoms with E-state index in [0.717, 1.165) is 42.4 Å². The molecule has 2 aromatic carbocycles. The summed E-state index contributed by atoms with van der Waals surface area (Å²) in [5, 5.41) is 5.87. The second kappa shape index (κ2) is 8.62. The highest BCUT2D eigenvalue weighted by atomic mass is 127. The van der Waals surface area contributed by atoms with Crippen molar-refractivity contribution >= 4 is 85.8 Å². The maximum Gasteiger partial charge on any atom is 0.407 e. The summed E-state index contributed by atoms with van der Waals surface area (Å²) in [6.45, 7) is 8.08. The normalized spacial score (nSPS) is 12.0. The zero-order valence-corrected chi connectivity index (χ0v) is 21.3. The molecule has 28 heavy (non-hydrogen) atoms. The van der Waals surface area contributed by atoms with E-state index in [4.69, 9.17) is 16.3 Å². The summed E-state index contributed by atoms with van der Waals surface area (Å²) in [6, 6.07) is 8.39. The average molecular weight is 596 g/mol. The summed E-state index contributed by atoms with van der Waals surface area (Å²) in [6.07, 6.45) is 0.292. The quantitative estimate of drug-likeness (QED) is 0.319. The molecule has 0 saturated carbocycles. The van der Waals surface area contributed by atoms with Gasteiger partial charge in [0.25, 0.3) is 0 Å². The van der Waals surface area contributed by atoms with Gasteiger partial charge >= 0.3 is 6.09 Å². The number of carbonyl (C=O) groups excluding carboxylic acids is 1. The fourth-order valence-electron chi connectivity index (χ4n) is 3.15. The van der Waals surface area contributed by atoms with E-state index in [9.17, 15) is 4.79 Å². The van der Waals surface area contributed by atoms with E-state index in [1.807, 2.05) is 33.8 Å². The van der Waals surface area contributed by atoms with Crippen LogP contribution in [0.25, 0.3) is 21.8 Å². The monoisotopic (exact) mass is 594 g/mol. The lowest BCUT2D eigenvalue weighted by Gasteiger charge is -2.19. The Morgan fingerprint density at radius 1 is 1.29 bits per heavy atom. The van der Waals surface area contributed by atoms with Gasteiger partial charge in [0.05, 0.1) is 11.0 Å². The molecule has 0 saturated heterocycles. The Kier molecular flexibility index (Phi) is 6.79. The standard InChI is InChI=1S/C20H21BrClIN2O2S/c1-11-7-17-14(10-16(11)22)15-9-13(21)8-12(18(15)25(17)28-23)5-6-24-19(26)27-20(2,3)4/h7-10H,5-6H2,1-4H3,(H,24,26). The van der Waals surface area contributed by atoms with Crippen LogP contribution in [0.3, 0.4) is 0 Å². The van der Waals surface area contributed by atoms with Crippen LogP contribution in [0.4, 0.5) is 4.79 Å². The van der Waals surface area contributed by atoms with Crippen molar-refractivity contribution in [3.63, 3.8) is 0 Å². The number of rotatable bonds is 4. The first-order chi connectivity index (χ1) is 13.1. The van der Waals surface area contributed by atoms with Crippen LogP contribution >= 0.6 is 57.9 Å². The number of nitrogens with zero attached hydrogens (tertiary/aromatic N) is 1. The van der Waals surface area contributed by atoms with Crippen molar-refractivity contribution in [3.8, 4) is 0 Å². The van der Waals surface area contributed by atoms with Gasteiger partial charge in [0.2, 0.25) is 0 Å². The number of aryl methyl sites for hydroxylation is 1. The van der Waals surface area contributed by atoms with E-state index < -0.39 is 11.7 Å². The minimum Gasteiger partial charge on any atom is -0.444 e. The highest BCUT2D eigenvalue weighted by Gasteiger charge is 2.18. The van der Waals surface area contributed by atoms with Gasteiger partial charge < -0.3 is 10.1 Å². The van der Waals surface area contributed by atoms with Gasteiger partial charge in [-0.1, -0.05) is 27.5 Å². The lowest BCUT2D eigenvalue weighted by Crippen LogP contribution is -2.33. The van der Waals surface area contributed by atoms with Crippen LogP contribution < -0.4 is 5.32 Å². The summed E-state index contributed by atoms with van der Waals surface area (Å²) in [5.41, 5.74) is 3.97. The first-order valence-electron chi connectivity index (χ1n) is 8.79. The Morgan fingerprint density at radius 2 is 2.00 bits per heavy atom. The van der Waals surface area contributed by atoms with Gasteiger partial charge in [-0.2, -0.15) is 0 Å². The largest absolute Gasteiger partial charge is 0.444 e. The molecule has 0 atom stereocenters. The van der Waals surface area contributed by atoms with E-state index in [-0.39, 0.29) is 0 Å². The lowest BCUT2D eigenvalue weighted by atomic mass is 10.1. The topological polar surface area (TPSA) is 43.3 Å². The molecule has 0 aliphatic heterocycles. The Labute approximate surface area is 194 Å². The number of ether oxygens (including phenoxy) is 1. The smallest absolute Gasteiger partial charge is 0.407 e. The summed E-state index contributed by atoms with van der Waals surface area (Å²) < 4.78 is 8.55. The molecule has 1 amide bonds. The summed E-state index contributed by atoms with van der Waals surface area (Å²) >= 11 is 12.3. The third kappa shape index (κ3) is 4.74. The van der Waals surface area contributed by atoms with Crippen LogP contribution in [0.15, 0.2) is 28.7 Å². The van der Waals surface area contributed by atoms with Gasteiger partial charge in [0.15, 0.2) is 0 Å². The van der Waals surface area contributed by atoms with Crippen molar-refractivity contribution in [2.75, 3.05) is 6.54 Å². The molecule has 0 aliphatic rings. The van der Waals surface area contributed by atoms with E-state index >= 15 is 0 Å². The fourth-order valence-corrected chi connectivity index (χ4v) is 5.55. The Bertz CT molecular complexity index is 1060. The molecule has 3 aromatic rings. The van der Waals surface area contributed by atoms with Crippen LogP contribution in [0, 0.1) is 6.92 Å². The van der Waals surface area contributed by atoms with Crippen molar-refractivity contribution in [2.45, 2.75) is 39.7 Å². The van der Waals surface area contributed by atoms with Crippen molar-refractivity contribution in [3.05, 3.63) is 44.9 Å². The highest BCUT2D eigenvalue weighted by Crippen LogP contribution is 2.40. The molecule has 1 N–H and O–H groups in total. The molecule has 3 rings (SSSR count). The number of halogens is 3. The predicted molar refractivity (Wildman–Crippen MR) is 132 cm³/mol. The SMILES string of the molecule is Cc1cc2c(cc1Cl)c1cc(Br)cc(CCNC(=O)OC(C)(C)C)c1n2SI. The summed E-state index contributed by atoms with van der Waals surface area (Å²) in [7, 11) is 1.63. The number of carbonyl (C=O) groups is 1. The van der Waals surface area contributed by atoms with Crippen molar-refractivity contribution in [1.29, 1.82) is 0 Å². The van der Waals surface area contributed by atoms with Gasteiger partial charge in [-0.3, -0.25) is 3.97 Å². The molecule has 0 bridgehead atoms. The Hall–Kier alpha value is -0.640. The molecule has 1 heterocycles. The Morgan fingerprint density at radius 3 is 2.64 bits per heavy atom. The highest BCUT2D eigenvalue weighted by molar-refractivity contribution is 14.2. The first kappa shape index (κ1) is 22.1. The third-order valence-electron chi connectivity index (χ3n) is 4.27.